The van der Waals surface area contributed by atoms with E-state index in [0.29, 0.717) is 22.9 Å². The van der Waals surface area contributed by atoms with Crippen LogP contribution in [0.15, 0.2) is 47.4 Å². The molecular weight excluding hydrogens is 453 g/mol. The lowest BCUT2D eigenvalue weighted by Crippen LogP contribution is -2.09. The normalized spacial score (nSPS) is 12.9. The van der Waals surface area contributed by atoms with Crippen molar-refractivity contribution in [1.82, 2.24) is 9.78 Å². The molecule has 0 atom stereocenters. The van der Waals surface area contributed by atoms with Gasteiger partial charge >= 0.3 is 12.4 Å². The van der Waals surface area contributed by atoms with Gasteiger partial charge < -0.3 is 0 Å². The lowest BCUT2D eigenvalue weighted by molar-refractivity contribution is -0.141. The van der Waals surface area contributed by atoms with Crippen LogP contribution in [0.2, 0.25) is 0 Å². The number of hydrogen-bond acceptors (Lipinski definition) is 3. The van der Waals surface area contributed by atoms with Crippen LogP contribution in [0.4, 0.5) is 30.7 Å². The smallest absolute Gasteiger partial charge is 0.232 e. The second-order valence-corrected chi connectivity index (χ2v) is 8.72. The molecule has 1 heterocycles. The van der Waals surface area contributed by atoms with Gasteiger partial charge in [-0.1, -0.05) is 12.1 Å². The maximum Gasteiger partial charge on any atom is 0.435 e. The van der Waals surface area contributed by atoms with Gasteiger partial charge in [0.15, 0.2) is 15.5 Å². The molecule has 0 radical (unpaired) electrons. The first-order valence-electron chi connectivity index (χ1n) is 8.44. The number of aryl methyl sites for hydroxylation is 1. The highest BCUT2D eigenvalue weighted by atomic mass is 32.2. The molecule has 0 unspecified atom stereocenters. The van der Waals surface area contributed by atoms with E-state index < -0.39 is 44.2 Å². The van der Waals surface area contributed by atoms with Crippen molar-refractivity contribution in [3.05, 3.63) is 65.1 Å². The fourth-order valence-electron chi connectivity index (χ4n) is 2.93. The van der Waals surface area contributed by atoms with Gasteiger partial charge in [-0.2, -0.15) is 31.4 Å². The minimum absolute atomic E-state index is 0.137. The zero-order valence-electron chi connectivity index (χ0n) is 15.8. The summed E-state index contributed by atoms with van der Waals surface area (Å²) >= 11 is 0. The molecule has 12 heteroatoms. The Bertz CT molecular complexity index is 1260. The molecule has 0 bridgehead atoms. The molecule has 3 aromatic rings. The number of aromatic nitrogens is 2. The summed E-state index contributed by atoms with van der Waals surface area (Å²) in [7, 11) is -3.95. The van der Waals surface area contributed by atoms with Crippen LogP contribution in [0.3, 0.4) is 0 Å². The molecule has 0 fully saturated rings. The second kappa shape index (κ2) is 7.36. The number of halogens is 7. The highest BCUT2D eigenvalue weighted by Crippen LogP contribution is 2.37. The van der Waals surface area contributed by atoms with E-state index in [2.05, 4.69) is 5.10 Å². The second-order valence-electron chi connectivity index (χ2n) is 6.74. The minimum atomic E-state index is -4.93. The van der Waals surface area contributed by atoms with Crippen LogP contribution >= 0.6 is 0 Å². The topological polar surface area (TPSA) is 52.0 Å². The van der Waals surface area contributed by atoms with Crippen LogP contribution < -0.4 is 0 Å². The first-order chi connectivity index (χ1) is 14.1. The summed E-state index contributed by atoms with van der Waals surface area (Å²) in [6.07, 6.45) is -8.93. The van der Waals surface area contributed by atoms with Crippen molar-refractivity contribution in [3.8, 4) is 16.9 Å². The first-order valence-corrected chi connectivity index (χ1v) is 10.3. The van der Waals surface area contributed by atoms with Crippen LogP contribution in [0.1, 0.15) is 16.8 Å². The summed E-state index contributed by atoms with van der Waals surface area (Å²) in [5, 5.41) is 3.37. The highest BCUT2D eigenvalue weighted by molar-refractivity contribution is 7.90. The molecule has 3 rings (SSSR count). The van der Waals surface area contributed by atoms with Crippen molar-refractivity contribution >= 4 is 9.84 Å². The van der Waals surface area contributed by atoms with E-state index in [-0.39, 0.29) is 22.5 Å². The van der Waals surface area contributed by atoms with Crippen molar-refractivity contribution in [1.29, 1.82) is 0 Å². The Morgan fingerprint density at radius 3 is 2.06 bits per heavy atom. The van der Waals surface area contributed by atoms with E-state index >= 15 is 0 Å². The Morgan fingerprint density at radius 1 is 0.903 bits per heavy atom. The minimum Gasteiger partial charge on any atom is -0.232 e. The molecular formula is C19H13F7N2O2S. The third kappa shape index (κ3) is 4.58. The van der Waals surface area contributed by atoms with Crippen LogP contribution in [0.5, 0.6) is 0 Å². The lowest BCUT2D eigenvalue weighted by atomic mass is 10.0. The molecule has 0 N–H and O–H groups in total. The van der Waals surface area contributed by atoms with E-state index in [0.717, 1.165) is 24.5 Å². The molecule has 31 heavy (non-hydrogen) atoms. The van der Waals surface area contributed by atoms with E-state index in [9.17, 15) is 39.2 Å². The summed E-state index contributed by atoms with van der Waals surface area (Å²) in [5.41, 5.74) is -3.53. The standard InChI is InChI=1S/C19H13F7N2O2S/c1-10-3-4-11(7-13(10)18(21,22)23)15-9-17(19(24,25)26)27-28(15)12-5-6-16(14(20)8-12)31(2,29)30/h3-9H,1-2H3. The van der Waals surface area contributed by atoms with Gasteiger partial charge in [0.2, 0.25) is 0 Å². The number of nitrogens with zero attached hydrogens (tertiary/aromatic N) is 2. The van der Waals surface area contributed by atoms with Gasteiger partial charge in [-0.05, 0) is 36.8 Å². The van der Waals surface area contributed by atoms with Crippen LogP contribution in [0.25, 0.3) is 16.9 Å². The number of alkyl halides is 6. The molecule has 166 valence electrons. The van der Waals surface area contributed by atoms with Gasteiger partial charge in [-0.25, -0.2) is 17.5 Å². The fourth-order valence-corrected chi connectivity index (χ4v) is 3.66. The molecule has 2 aromatic carbocycles. The van der Waals surface area contributed by atoms with Crippen molar-refractivity contribution in [2.45, 2.75) is 24.2 Å². The molecule has 4 nitrogen and oxygen atoms in total. The van der Waals surface area contributed by atoms with Crippen LogP contribution in [-0.4, -0.2) is 24.5 Å². The molecule has 0 aliphatic carbocycles. The van der Waals surface area contributed by atoms with Crippen molar-refractivity contribution in [2.75, 3.05) is 6.26 Å². The van der Waals surface area contributed by atoms with Gasteiger partial charge in [0.25, 0.3) is 0 Å². The molecule has 1 aromatic heterocycles. The van der Waals surface area contributed by atoms with E-state index in [1.165, 1.54) is 13.0 Å². The Kier molecular flexibility index (Phi) is 5.41. The zero-order valence-corrected chi connectivity index (χ0v) is 16.6. The monoisotopic (exact) mass is 466 g/mol. The largest absolute Gasteiger partial charge is 0.435 e. The van der Waals surface area contributed by atoms with Crippen LogP contribution in [-0.2, 0) is 22.2 Å². The molecule has 0 saturated heterocycles. The number of sulfone groups is 1. The lowest BCUT2D eigenvalue weighted by Gasteiger charge is -2.13. The number of rotatable bonds is 3. The average Bonchev–Trinajstić information content (AvgIpc) is 3.05. The summed E-state index contributed by atoms with van der Waals surface area (Å²) in [6, 6.07) is 5.98. The molecule has 0 aliphatic heterocycles. The average molecular weight is 466 g/mol. The van der Waals surface area contributed by atoms with Crippen molar-refractivity contribution in [2.24, 2.45) is 0 Å². The molecule has 0 spiro atoms. The maximum atomic E-state index is 14.3. The fraction of sp³-hybridized carbons (Fsp3) is 0.211. The first kappa shape index (κ1) is 22.8. The SMILES string of the molecule is Cc1ccc(-c2cc(C(F)(F)F)nn2-c2ccc(S(C)(=O)=O)c(F)c2)cc1C(F)(F)F. The third-order valence-electron chi connectivity index (χ3n) is 4.40. The molecule has 0 amide bonds. The summed E-state index contributed by atoms with van der Waals surface area (Å²) in [5.74, 6) is -1.24. The van der Waals surface area contributed by atoms with Crippen molar-refractivity contribution < 1.29 is 39.2 Å². The van der Waals surface area contributed by atoms with E-state index in [1.54, 1.807) is 0 Å². The van der Waals surface area contributed by atoms with Gasteiger partial charge in [0.1, 0.15) is 10.7 Å². The zero-order chi connectivity index (χ0) is 23.4. The van der Waals surface area contributed by atoms with Crippen LogP contribution in [0, 0.1) is 12.7 Å². The molecule has 0 saturated carbocycles. The van der Waals surface area contributed by atoms with Gasteiger partial charge in [0, 0.05) is 17.9 Å². The third-order valence-corrected chi connectivity index (χ3v) is 5.53. The van der Waals surface area contributed by atoms with Crippen molar-refractivity contribution in [3.63, 3.8) is 0 Å². The Morgan fingerprint density at radius 2 is 1.55 bits per heavy atom. The maximum absolute atomic E-state index is 14.3. The summed E-state index contributed by atoms with van der Waals surface area (Å²) < 4.78 is 118. The molecule has 0 aliphatic rings. The quantitative estimate of drug-likeness (QED) is 0.484. The number of hydrogen-bond donors (Lipinski definition) is 0. The Balaban J connectivity index is 2.27. The highest BCUT2D eigenvalue weighted by Gasteiger charge is 2.36. The Labute approximate surface area is 171 Å². The van der Waals surface area contributed by atoms with Gasteiger partial charge in [-0.3, -0.25) is 0 Å². The van der Waals surface area contributed by atoms with E-state index in [4.69, 9.17) is 0 Å². The predicted molar refractivity (Wildman–Crippen MR) is 96.8 cm³/mol. The summed E-state index contributed by atoms with van der Waals surface area (Å²) in [6.45, 7) is 1.20. The Hall–Kier alpha value is -2.89. The summed E-state index contributed by atoms with van der Waals surface area (Å²) in [4.78, 5) is -0.685. The van der Waals surface area contributed by atoms with E-state index in [1.807, 2.05) is 0 Å². The number of benzene rings is 2. The predicted octanol–water partition coefficient (Wildman–Crippen LogP) is 5.43. The van der Waals surface area contributed by atoms with Gasteiger partial charge in [-0.15, -0.1) is 0 Å². The van der Waals surface area contributed by atoms with Gasteiger partial charge in [0.05, 0.1) is 16.9 Å².